The number of nitrogens with one attached hydrogen (secondary N) is 2. The summed E-state index contributed by atoms with van der Waals surface area (Å²) in [6, 6.07) is 5.35. The summed E-state index contributed by atoms with van der Waals surface area (Å²) in [6.45, 7) is 1.60. The highest BCUT2D eigenvalue weighted by Gasteiger charge is 2.17. The average Bonchev–Trinajstić information content (AvgIpc) is 2.90. The van der Waals surface area contributed by atoms with E-state index in [-0.39, 0.29) is 11.1 Å². The van der Waals surface area contributed by atoms with E-state index in [0.717, 1.165) is 37.5 Å². The molecular formula is C14H12FN5O. The Morgan fingerprint density at radius 3 is 3.14 bits per heavy atom. The molecule has 1 amide bonds. The SMILES string of the molecule is N#Cc1cc(F)cc(C(=O)Nc2cnn3c2NCCC3)c1. The number of nitrogens with zero attached hydrogens (tertiary/aromatic N) is 3. The molecule has 0 fully saturated rings. The Morgan fingerprint density at radius 2 is 2.33 bits per heavy atom. The highest BCUT2D eigenvalue weighted by Crippen LogP contribution is 2.24. The van der Waals surface area contributed by atoms with E-state index in [1.54, 1.807) is 10.9 Å². The normalized spacial score (nSPS) is 13.0. The van der Waals surface area contributed by atoms with Gasteiger partial charge in [0, 0.05) is 18.7 Å². The van der Waals surface area contributed by atoms with E-state index < -0.39 is 11.7 Å². The number of anilines is 2. The van der Waals surface area contributed by atoms with Crippen LogP contribution < -0.4 is 10.6 Å². The summed E-state index contributed by atoms with van der Waals surface area (Å²) >= 11 is 0. The predicted octanol–water partition coefficient (Wildman–Crippen LogP) is 1.96. The molecule has 0 bridgehead atoms. The number of rotatable bonds is 2. The smallest absolute Gasteiger partial charge is 0.255 e. The van der Waals surface area contributed by atoms with E-state index in [1.165, 1.54) is 6.07 Å². The molecule has 0 saturated heterocycles. The molecule has 3 rings (SSSR count). The minimum Gasteiger partial charge on any atom is -0.368 e. The largest absolute Gasteiger partial charge is 0.368 e. The third kappa shape index (κ3) is 2.56. The van der Waals surface area contributed by atoms with Crippen LogP contribution in [0.25, 0.3) is 0 Å². The molecule has 0 unspecified atom stereocenters. The lowest BCUT2D eigenvalue weighted by molar-refractivity contribution is 0.102. The van der Waals surface area contributed by atoms with Gasteiger partial charge in [-0.3, -0.25) is 4.79 Å². The van der Waals surface area contributed by atoms with Gasteiger partial charge in [-0.1, -0.05) is 0 Å². The van der Waals surface area contributed by atoms with Crippen LogP contribution in [-0.2, 0) is 6.54 Å². The fourth-order valence-electron chi connectivity index (χ4n) is 2.25. The first-order valence-electron chi connectivity index (χ1n) is 6.49. The second-order valence-corrected chi connectivity index (χ2v) is 4.70. The zero-order valence-electron chi connectivity index (χ0n) is 11.1. The number of hydrogen-bond acceptors (Lipinski definition) is 4. The molecular weight excluding hydrogens is 273 g/mol. The van der Waals surface area contributed by atoms with E-state index >= 15 is 0 Å². The lowest BCUT2D eigenvalue weighted by Crippen LogP contribution is -2.19. The van der Waals surface area contributed by atoms with E-state index in [4.69, 9.17) is 5.26 Å². The molecule has 0 aliphatic carbocycles. The number of aromatic nitrogens is 2. The molecule has 21 heavy (non-hydrogen) atoms. The Hall–Kier alpha value is -2.88. The third-order valence-electron chi connectivity index (χ3n) is 3.22. The van der Waals surface area contributed by atoms with Crippen molar-refractivity contribution in [2.75, 3.05) is 17.2 Å². The molecule has 1 aliphatic rings. The molecule has 0 spiro atoms. The molecule has 2 heterocycles. The zero-order chi connectivity index (χ0) is 14.8. The van der Waals surface area contributed by atoms with Crippen molar-refractivity contribution in [3.05, 3.63) is 41.3 Å². The van der Waals surface area contributed by atoms with Crippen molar-refractivity contribution in [3.8, 4) is 6.07 Å². The van der Waals surface area contributed by atoms with Crippen molar-refractivity contribution >= 4 is 17.4 Å². The van der Waals surface area contributed by atoms with Crippen molar-refractivity contribution < 1.29 is 9.18 Å². The number of nitriles is 1. The maximum absolute atomic E-state index is 13.4. The molecule has 7 heteroatoms. The number of carbonyl (C=O) groups is 1. The van der Waals surface area contributed by atoms with Gasteiger partial charge in [0.2, 0.25) is 0 Å². The van der Waals surface area contributed by atoms with Gasteiger partial charge in [-0.05, 0) is 24.6 Å². The molecule has 0 radical (unpaired) electrons. The van der Waals surface area contributed by atoms with E-state index in [0.29, 0.717) is 5.69 Å². The molecule has 0 atom stereocenters. The second kappa shape index (κ2) is 5.25. The number of halogens is 1. The topological polar surface area (TPSA) is 82.7 Å². The monoisotopic (exact) mass is 285 g/mol. The minimum atomic E-state index is -0.616. The number of carbonyl (C=O) groups excluding carboxylic acids is 1. The Morgan fingerprint density at radius 1 is 1.48 bits per heavy atom. The van der Waals surface area contributed by atoms with Gasteiger partial charge >= 0.3 is 0 Å². The van der Waals surface area contributed by atoms with E-state index in [9.17, 15) is 9.18 Å². The van der Waals surface area contributed by atoms with Gasteiger partial charge in [0.1, 0.15) is 17.3 Å². The lowest BCUT2D eigenvalue weighted by atomic mass is 10.1. The summed E-state index contributed by atoms with van der Waals surface area (Å²) in [5, 5.41) is 18.8. The first kappa shape index (κ1) is 13.1. The first-order valence-corrected chi connectivity index (χ1v) is 6.49. The Labute approximate surface area is 120 Å². The van der Waals surface area contributed by atoms with Crippen LogP contribution in [0.15, 0.2) is 24.4 Å². The number of amides is 1. The summed E-state index contributed by atoms with van der Waals surface area (Å²) in [7, 11) is 0. The van der Waals surface area contributed by atoms with Crippen LogP contribution in [0.3, 0.4) is 0 Å². The molecule has 1 aliphatic heterocycles. The molecule has 1 aromatic carbocycles. The maximum Gasteiger partial charge on any atom is 0.255 e. The number of fused-ring (bicyclic) bond motifs is 1. The summed E-state index contributed by atoms with van der Waals surface area (Å²) in [5.74, 6) is -0.352. The fraction of sp³-hybridized carbons (Fsp3) is 0.214. The van der Waals surface area contributed by atoms with Crippen LogP contribution >= 0.6 is 0 Å². The predicted molar refractivity (Wildman–Crippen MR) is 74.4 cm³/mol. The number of aryl methyl sites for hydroxylation is 1. The zero-order valence-corrected chi connectivity index (χ0v) is 11.1. The van der Waals surface area contributed by atoms with Crippen LogP contribution in [0, 0.1) is 17.1 Å². The van der Waals surface area contributed by atoms with Gasteiger partial charge in [-0.25, -0.2) is 9.07 Å². The van der Waals surface area contributed by atoms with Crippen LogP contribution in [0.2, 0.25) is 0 Å². The number of hydrogen-bond donors (Lipinski definition) is 2. The van der Waals surface area contributed by atoms with Crippen molar-refractivity contribution in [3.63, 3.8) is 0 Å². The molecule has 106 valence electrons. The van der Waals surface area contributed by atoms with Gasteiger partial charge in [-0.15, -0.1) is 0 Å². The maximum atomic E-state index is 13.4. The minimum absolute atomic E-state index is 0.0994. The van der Waals surface area contributed by atoms with Crippen molar-refractivity contribution in [1.29, 1.82) is 5.26 Å². The van der Waals surface area contributed by atoms with Gasteiger partial charge < -0.3 is 10.6 Å². The highest BCUT2D eigenvalue weighted by molar-refractivity contribution is 6.05. The Bertz CT molecular complexity index is 746. The van der Waals surface area contributed by atoms with E-state index in [1.807, 2.05) is 6.07 Å². The summed E-state index contributed by atoms with van der Waals surface area (Å²) in [5.41, 5.74) is 0.750. The summed E-state index contributed by atoms with van der Waals surface area (Å²) < 4.78 is 15.1. The summed E-state index contributed by atoms with van der Waals surface area (Å²) in [4.78, 5) is 12.2. The van der Waals surface area contributed by atoms with Gasteiger partial charge in [0.25, 0.3) is 5.91 Å². The van der Waals surface area contributed by atoms with Crippen LogP contribution in [0.1, 0.15) is 22.3 Å². The van der Waals surface area contributed by atoms with Gasteiger partial charge in [0.05, 0.1) is 17.8 Å². The van der Waals surface area contributed by atoms with Crippen LogP contribution in [0.5, 0.6) is 0 Å². The van der Waals surface area contributed by atoms with Crippen molar-refractivity contribution in [2.24, 2.45) is 0 Å². The standard InChI is InChI=1S/C14H12FN5O/c15-11-5-9(7-16)4-10(6-11)14(21)19-12-8-18-20-3-1-2-17-13(12)20/h4-6,8,17H,1-3H2,(H,19,21). The summed E-state index contributed by atoms with van der Waals surface area (Å²) in [6.07, 6.45) is 2.52. The molecule has 2 N–H and O–H groups in total. The van der Waals surface area contributed by atoms with Crippen LogP contribution in [-0.4, -0.2) is 22.2 Å². The highest BCUT2D eigenvalue weighted by atomic mass is 19.1. The van der Waals surface area contributed by atoms with Crippen molar-refractivity contribution in [1.82, 2.24) is 9.78 Å². The molecule has 2 aromatic rings. The van der Waals surface area contributed by atoms with Crippen LogP contribution in [0.4, 0.5) is 15.9 Å². The molecule has 0 saturated carbocycles. The average molecular weight is 285 g/mol. The Balaban J connectivity index is 1.85. The quantitative estimate of drug-likeness (QED) is 0.883. The van der Waals surface area contributed by atoms with Gasteiger partial charge in [-0.2, -0.15) is 10.4 Å². The molecule has 1 aromatic heterocycles. The second-order valence-electron chi connectivity index (χ2n) is 4.70. The van der Waals surface area contributed by atoms with E-state index in [2.05, 4.69) is 15.7 Å². The Kier molecular flexibility index (Phi) is 3.28. The number of benzene rings is 1. The molecule has 6 nitrogen and oxygen atoms in total. The first-order chi connectivity index (χ1) is 10.2. The lowest BCUT2D eigenvalue weighted by Gasteiger charge is -2.17. The van der Waals surface area contributed by atoms with Crippen molar-refractivity contribution in [2.45, 2.75) is 13.0 Å². The van der Waals surface area contributed by atoms with Gasteiger partial charge in [0.15, 0.2) is 0 Å². The fourth-order valence-corrected chi connectivity index (χ4v) is 2.25. The third-order valence-corrected chi connectivity index (χ3v) is 3.22.